The Hall–Kier alpha value is -3.76. The van der Waals surface area contributed by atoms with Crippen molar-refractivity contribution in [1.82, 2.24) is 5.43 Å². The zero-order chi connectivity index (χ0) is 21.5. The number of nitrogens with two attached hydrogens (primary N) is 1. The largest absolute Gasteiger partial charge is 0.457 e. The Kier molecular flexibility index (Phi) is 4.72. The maximum Gasteiger partial charge on any atom is 0.282 e. The van der Waals surface area contributed by atoms with E-state index in [1.165, 1.54) is 48.5 Å². The van der Waals surface area contributed by atoms with E-state index in [1.54, 1.807) is 12.1 Å². The summed E-state index contributed by atoms with van der Waals surface area (Å²) in [6.07, 6.45) is 1.28. The van der Waals surface area contributed by atoms with E-state index in [-0.39, 0.29) is 21.9 Å². The first kappa shape index (κ1) is 19.6. The van der Waals surface area contributed by atoms with Gasteiger partial charge in [0.05, 0.1) is 10.6 Å². The van der Waals surface area contributed by atoms with Crippen LogP contribution in [0.15, 0.2) is 75.5 Å². The first-order chi connectivity index (χ1) is 14.2. The van der Waals surface area contributed by atoms with E-state index in [4.69, 9.17) is 9.56 Å². The zero-order valence-corrected chi connectivity index (χ0v) is 16.0. The minimum Gasteiger partial charge on any atom is -0.457 e. The summed E-state index contributed by atoms with van der Waals surface area (Å²) in [6, 6.07) is 14.2. The number of carbonyl (C=O) groups is 2. The number of sulfonamides is 1. The molecular formula is C20H14FN3O5S. The number of anilines is 1. The van der Waals surface area contributed by atoms with E-state index in [1.807, 2.05) is 0 Å². The van der Waals surface area contributed by atoms with Crippen LogP contribution >= 0.6 is 0 Å². The van der Waals surface area contributed by atoms with Gasteiger partial charge in [0.1, 0.15) is 22.9 Å². The molecule has 1 fully saturated rings. The van der Waals surface area contributed by atoms with Crippen LogP contribution in [0.4, 0.5) is 10.1 Å². The van der Waals surface area contributed by atoms with E-state index in [9.17, 15) is 22.4 Å². The summed E-state index contributed by atoms with van der Waals surface area (Å²) in [7, 11) is -3.81. The first-order valence-corrected chi connectivity index (χ1v) is 10.1. The van der Waals surface area contributed by atoms with Crippen molar-refractivity contribution in [2.45, 2.75) is 4.90 Å². The Bertz CT molecular complexity index is 1300. The minimum atomic E-state index is -3.81. The molecule has 3 N–H and O–H groups in total. The number of hydrogen-bond acceptors (Lipinski definition) is 5. The molecule has 10 heteroatoms. The molecule has 0 radical (unpaired) electrons. The van der Waals surface area contributed by atoms with Crippen LogP contribution in [0.25, 0.3) is 17.4 Å². The van der Waals surface area contributed by atoms with Crippen LogP contribution in [0.3, 0.4) is 0 Å². The summed E-state index contributed by atoms with van der Waals surface area (Å²) in [5.74, 6) is -1.22. The van der Waals surface area contributed by atoms with Gasteiger partial charge in [0.15, 0.2) is 0 Å². The van der Waals surface area contributed by atoms with Crippen molar-refractivity contribution < 1.29 is 26.8 Å². The van der Waals surface area contributed by atoms with E-state index in [0.29, 0.717) is 11.3 Å². The number of hydrogen-bond donors (Lipinski definition) is 2. The summed E-state index contributed by atoms with van der Waals surface area (Å²) in [5, 5.41) is 6.03. The monoisotopic (exact) mass is 427 g/mol. The molecule has 1 saturated heterocycles. The highest BCUT2D eigenvalue weighted by Crippen LogP contribution is 2.26. The number of carbonyl (C=O) groups excluding carboxylic acids is 2. The van der Waals surface area contributed by atoms with Gasteiger partial charge in [-0.15, -0.1) is 0 Å². The predicted molar refractivity (Wildman–Crippen MR) is 106 cm³/mol. The highest BCUT2D eigenvalue weighted by atomic mass is 32.2. The normalized spacial score (nSPS) is 15.7. The van der Waals surface area contributed by atoms with Crippen molar-refractivity contribution in [3.63, 3.8) is 0 Å². The molecule has 30 heavy (non-hydrogen) atoms. The smallest absolute Gasteiger partial charge is 0.282 e. The fourth-order valence-corrected chi connectivity index (χ4v) is 3.41. The third-order valence-electron chi connectivity index (χ3n) is 4.34. The Labute approximate surface area is 170 Å². The molecule has 0 spiro atoms. The van der Waals surface area contributed by atoms with Crippen LogP contribution < -0.4 is 15.6 Å². The summed E-state index contributed by atoms with van der Waals surface area (Å²) in [4.78, 5) is 24.8. The van der Waals surface area contributed by atoms with Crippen LogP contribution in [-0.4, -0.2) is 20.2 Å². The Morgan fingerprint density at radius 2 is 1.77 bits per heavy atom. The van der Waals surface area contributed by atoms with Crippen LogP contribution in [0.2, 0.25) is 0 Å². The van der Waals surface area contributed by atoms with Gasteiger partial charge in [-0.05, 0) is 60.7 Å². The van der Waals surface area contributed by atoms with Crippen LogP contribution in [-0.2, 0) is 19.6 Å². The van der Waals surface area contributed by atoms with Crippen LogP contribution in [0.5, 0.6) is 0 Å². The van der Waals surface area contributed by atoms with Crippen molar-refractivity contribution in [3.8, 4) is 11.3 Å². The van der Waals surface area contributed by atoms with Gasteiger partial charge < -0.3 is 4.42 Å². The molecule has 0 aliphatic carbocycles. The molecule has 0 unspecified atom stereocenters. The summed E-state index contributed by atoms with van der Waals surface area (Å²) in [5.41, 5.74) is 2.97. The number of primary sulfonamides is 1. The molecule has 152 valence electrons. The van der Waals surface area contributed by atoms with Crippen molar-refractivity contribution in [1.29, 1.82) is 0 Å². The van der Waals surface area contributed by atoms with Gasteiger partial charge in [0, 0.05) is 5.56 Å². The lowest BCUT2D eigenvalue weighted by Gasteiger charge is -2.14. The molecule has 4 rings (SSSR count). The lowest BCUT2D eigenvalue weighted by atomic mass is 10.2. The fourth-order valence-electron chi connectivity index (χ4n) is 2.89. The molecular weight excluding hydrogens is 413 g/mol. The van der Waals surface area contributed by atoms with Gasteiger partial charge >= 0.3 is 0 Å². The molecule has 0 bridgehead atoms. The number of nitrogens with zero attached hydrogens (tertiary/aromatic N) is 1. The van der Waals surface area contributed by atoms with E-state index < -0.39 is 27.7 Å². The van der Waals surface area contributed by atoms with Crippen molar-refractivity contribution in [2.24, 2.45) is 5.14 Å². The summed E-state index contributed by atoms with van der Waals surface area (Å²) >= 11 is 0. The number of rotatable bonds is 4. The number of nitrogens with one attached hydrogen (secondary N) is 1. The zero-order valence-electron chi connectivity index (χ0n) is 15.2. The molecule has 0 atom stereocenters. The Balaban J connectivity index is 1.59. The molecule has 2 aromatic carbocycles. The molecule has 1 aromatic heterocycles. The van der Waals surface area contributed by atoms with Gasteiger partial charge in [-0.25, -0.2) is 23.0 Å². The Morgan fingerprint density at radius 3 is 2.43 bits per heavy atom. The number of benzene rings is 2. The molecule has 1 aliphatic heterocycles. The van der Waals surface area contributed by atoms with Gasteiger partial charge in [0.2, 0.25) is 10.0 Å². The quantitative estimate of drug-likeness (QED) is 0.488. The number of amides is 2. The third-order valence-corrected chi connectivity index (χ3v) is 5.27. The van der Waals surface area contributed by atoms with E-state index >= 15 is 0 Å². The highest BCUT2D eigenvalue weighted by Gasteiger charge is 2.34. The topological polar surface area (TPSA) is 123 Å². The lowest BCUT2D eigenvalue weighted by molar-refractivity contribution is -0.117. The maximum atomic E-state index is 13.4. The van der Waals surface area contributed by atoms with Crippen molar-refractivity contribution in [3.05, 3.63) is 77.8 Å². The standard InChI is InChI=1S/C20H14FN3O5S/c21-13-2-1-3-14(10-13)24-20(26)17(19(25)23-24)11-15-6-9-18(29-15)12-4-7-16(8-5-12)30(22,27)28/h1-11H,(H,23,25)(H2,22,27,28)/b17-11-. The average molecular weight is 427 g/mol. The predicted octanol–water partition coefficient (Wildman–Crippen LogP) is 2.19. The number of halogens is 1. The molecule has 3 aromatic rings. The SMILES string of the molecule is NS(=O)(=O)c1ccc(-c2ccc(/C=C3/C(=O)NN(c4cccc(F)c4)C3=O)o2)cc1. The van der Waals surface area contributed by atoms with Crippen LogP contribution in [0, 0.1) is 5.82 Å². The second-order valence-corrected chi connectivity index (χ2v) is 7.95. The lowest BCUT2D eigenvalue weighted by Crippen LogP contribution is -2.35. The molecule has 8 nitrogen and oxygen atoms in total. The average Bonchev–Trinajstić information content (AvgIpc) is 3.28. The summed E-state index contributed by atoms with van der Waals surface area (Å²) < 4.78 is 41.7. The van der Waals surface area contributed by atoms with Gasteiger partial charge in [-0.1, -0.05) is 6.07 Å². The second-order valence-electron chi connectivity index (χ2n) is 6.39. The molecule has 2 heterocycles. The van der Waals surface area contributed by atoms with Gasteiger partial charge in [0.25, 0.3) is 11.8 Å². The maximum absolute atomic E-state index is 13.4. The fraction of sp³-hybridized carbons (Fsp3) is 0. The molecule has 0 saturated carbocycles. The van der Waals surface area contributed by atoms with Crippen molar-refractivity contribution in [2.75, 3.05) is 5.01 Å². The minimum absolute atomic E-state index is 0.0363. The number of hydrazine groups is 1. The first-order valence-electron chi connectivity index (χ1n) is 8.58. The highest BCUT2D eigenvalue weighted by molar-refractivity contribution is 7.89. The van der Waals surface area contributed by atoms with Crippen molar-refractivity contribution >= 4 is 33.6 Å². The molecule has 2 amide bonds. The summed E-state index contributed by atoms with van der Waals surface area (Å²) in [6.45, 7) is 0. The van der Waals surface area contributed by atoms with E-state index in [2.05, 4.69) is 5.43 Å². The number of furan rings is 1. The van der Waals surface area contributed by atoms with Gasteiger partial charge in [-0.3, -0.25) is 15.0 Å². The Morgan fingerprint density at radius 1 is 1.03 bits per heavy atom. The van der Waals surface area contributed by atoms with Gasteiger partial charge in [-0.2, -0.15) is 0 Å². The van der Waals surface area contributed by atoms with E-state index in [0.717, 1.165) is 11.1 Å². The van der Waals surface area contributed by atoms with Crippen LogP contribution in [0.1, 0.15) is 5.76 Å². The molecule has 1 aliphatic rings. The third kappa shape index (κ3) is 3.73. The second kappa shape index (κ2) is 7.25.